The Morgan fingerprint density at radius 3 is 1.03 bits per heavy atom. The number of nitrogens with zero attached hydrogens (tertiary/aromatic N) is 4. The van der Waals surface area contributed by atoms with Gasteiger partial charge in [-0.05, 0) is 124 Å². The molecule has 4 aromatic rings. The molecule has 0 spiro atoms. The van der Waals surface area contributed by atoms with Crippen molar-refractivity contribution in [3.63, 3.8) is 0 Å². The third-order valence-corrected chi connectivity index (χ3v) is 16.3. The second kappa shape index (κ2) is 38.1. The summed E-state index contributed by atoms with van der Waals surface area (Å²) in [7, 11) is 0. The Labute approximate surface area is 465 Å². The van der Waals surface area contributed by atoms with E-state index in [0.717, 1.165) is 100 Å². The first-order valence-electron chi connectivity index (χ1n) is 31.3. The van der Waals surface area contributed by atoms with Crippen LogP contribution in [0.5, 0.6) is 0 Å². The van der Waals surface area contributed by atoms with Crippen molar-refractivity contribution in [1.29, 1.82) is 0 Å². The summed E-state index contributed by atoms with van der Waals surface area (Å²) in [6, 6.07) is 9.12. The smallest absolute Gasteiger partial charge is 0.341 e. The molecule has 0 N–H and O–H groups in total. The molecule has 0 radical (unpaired) electrons. The summed E-state index contributed by atoms with van der Waals surface area (Å²) in [5, 5.41) is 0. The summed E-state index contributed by atoms with van der Waals surface area (Å²) in [4.78, 5) is 43.2. The van der Waals surface area contributed by atoms with Gasteiger partial charge in [-0.25, -0.2) is 38.3 Å². The largest absolute Gasteiger partial charge is 0.459 e. The number of ether oxygens (including phenoxy) is 2. The number of aryl methyl sites for hydroxylation is 2. The van der Waals surface area contributed by atoms with Gasteiger partial charge in [0.1, 0.15) is 23.8 Å². The van der Waals surface area contributed by atoms with Gasteiger partial charge in [0, 0.05) is 35.9 Å². The lowest BCUT2D eigenvalue weighted by atomic mass is 9.84. The highest BCUT2D eigenvalue weighted by Gasteiger charge is 2.27. The van der Waals surface area contributed by atoms with Crippen molar-refractivity contribution in [2.75, 3.05) is 0 Å². The van der Waals surface area contributed by atoms with E-state index in [1.54, 1.807) is 12.1 Å². The lowest BCUT2D eigenvalue weighted by molar-refractivity contribution is 0.0147. The number of benzene rings is 2. The van der Waals surface area contributed by atoms with Gasteiger partial charge >= 0.3 is 11.9 Å². The zero-order valence-electron chi connectivity index (χ0n) is 48.4. The van der Waals surface area contributed by atoms with Gasteiger partial charge in [0.25, 0.3) is 0 Å². The van der Waals surface area contributed by atoms with Crippen LogP contribution in [0.3, 0.4) is 0 Å². The van der Waals surface area contributed by atoms with E-state index in [1.807, 2.05) is 24.8 Å². The monoisotopic (exact) mass is 1060 g/mol. The first-order chi connectivity index (χ1) is 37.7. The number of rotatable bonds is 35. The van der Waals surface area contributed by atoms with Crippen LogP contribution in [0.2, 0.25) is 0 Å². The van der Waals surface area contributed by atoms with Gasteiger partial charge in [0.2, 0.25) is 0 Å². The van der Waals surface area contributed by atoms with E-state index < -0.39 is 23.6 Å². The van der Waals surface area contributed by atoms with E-state index in [9.17, 15) is 18.4 Å². The highest BCUT2D eigenvalue weighted by molar-refractivity contribution is 5.91. The molecule has 0 atom stereocenters. The first kappa shape index (κ1) is 63.2. The maximum absolute atomic E-state index is 14.9. The normalized spacial score (nSPS) is 17.4. The molecule has 0 amide bonds. The van der Waals surface area contributed by atoms with Crippen LogP contribution in [0.1, 0.15) is 284 Å². The summed E-state index contributed by atoms with van der Waals surface area (Å²) < 4.78 is 41.2. The van der Waals surface area contributed by atoms with Crippen LogP contribution in [0.15, 0.2) is 61.2 Å². The van der Waals surface area contributed by atoms with Crippen LogP contribution in [0.4, 0.5) is 8.78 Å². The number of unbranched alkanes of at least 4 members (excludes halogenated alkanes) is 21. The Bertz CT molecular complexity index is 2200. The molecule has 2 aliphatic carbocycles. The maximum atomic E-state index is 14.9. The van der Waals surface area contributed by atoms with Crippen molar-refractivity contribution in [2.24, 2.45) is 11.8 Å². The van der Waals surface area contributed by atoms with Crippen LogP contribution in [0.25, 0.3) is 22.8 Å². The van der Waals surface area contributed by atoms with E-state index in [4.69, 9.17) is 9.47 Å². The fourth-order valence-corrected chi connectivity index (χ4v) is 11.2. The number of aromatic nitrogens is 4. The van der Waals surface area contributed by atoms with Gasteiger partial charge < -0.3 is 9.47 Å². The van der Waals surface area contributed by atoms with Gasteiger partial charge in [-0.2, -0.15) is 0 Å². The summed E-state index contributed by atoms with van der Waals surface area (Å²) in [6.07, 6.45) is 52.0. The summed E-state index contributed by atoms with van der Waals surface area (Å²) in [5.74, 6) is 0.134. The summed E-state index contributed by atoms with van der Waals surface area (Å²) in [5.41, 5.74) is 3.33. The lowest BCUT2D eigenvalue weighted by Gasteiger charge is -2.28. The van der Waals surface area contributed by atoms with Gasteiger partial charge in [0.15, 0.2) is 11.6 Å². The molecule has 77 heavy (non-hydrogen) atoms. The first-order valence-corrected chi connectivity index (χ1v) is 31.3. The van der Waals surface area contributed by atoms with Crippen molar-refractivity contribution in [3.8, 4) is 22.8 Å². The molecular weight excluding hydrogens is 963 g/mol. The standard InChI is InChI=1S/C34H51FN2O2.C33H49FN2O2/c1-3-5-7-9-11-13-14-16-27-18-21-30(22-19-27)39-34(38)31-23-20-29(24-32(31)35)33-36-25-28(26-37-33)17-15-12-10-8-6-4-2;1-3-5-7-9-11-13-15-26-17-20-29(21-18-26)38-33(37)30-22-19-28(23-31(30)34)32-35-24-27(25-36-32)16-14-12-10-8-6-4-2/h20,23-27,30H,3-19,21-22H2,1-2H3;19,22-26,29H,3-18,20-21H2,1-2H3. The van der Waals surface area contributed by atoms with Gasteiger partial charge in [0.05, 0.1) is 11.1 Å². The third kappa shape index (κ3) is 24.5. The lowest BCUT2D eigenvalue weighted by Crippen LogP contribution is -2.25. The second-order valence-corrected chi connectivity index (χ2v) is 22.8. The van der Waals surface area contributed by atoms with E-state index in [0.29, 0.717) is 22.8 Å². The van der Waals surface area contributed by atoms with E-state index in [-0.39, 0.29) is 23.3 Å². The third-order valence-electron chi connectivity index (χ3n) is 16.3. The number of carbonyl (C=O) groups excluding carboxylic acids is 2. The number of esters is 2. The van der Waals surface area contributed by atoms with Crippen molar-refractivity contribution >= 4 is 11.9 Å². The highest BCUT2D eigenvalue weighted by Crippen LogP contribution is 2.33. The van der Waals surface area contributed by atoms with Gasteiger partial charge in [-0.3, -0.25) is 0 Å². The van der Waals surface area contributed by atoms with Crippen LogP contribution in [-0.4, -0.2) is 44.1 Å². The maximum Gasteiger partial charge on any atom is 0.341 e. The Morgan fingerprint density at radius 1 is 0.416 bits per heavy atom. The Morgan fingerprint density at radius 2 is 0.714 bits per heavy atom. The predicted molar refractivity (Wildman–Crippen MR) is 312 cm³/mol. The second-order valence-electron chi connectivity index (χ2n) is 22.8. The van der Waals surface area contributed by atoms with Crippen molar-refractivity contribution in [2.45, 2.75) is 277 Å². The molecule has 2 aromatic carbocycles. The molecule has 2 heterocycles. The fraction of sp³-hybridized carbons (Fsp3) is 0.672. The average Bonchev–Trinajstić information content (AvgIpc) is 3.45. The molecule has 0 aliphatic heterocycles. The highest BCUT2D eigenvalue weighted by atomic mass is 19.1. The molecule has 426 valence electrons. The fourth-order valence-electron chi connectivity index (χ4n) is 11.2. The molecule has 0 saturated heterocycles. The summed E-state index contributed by atoms with van der Waals surface area (Å²) in [6.45, 7) is 8.97. The van der Waals surface area contributed by atoms with E-state index in [2.05, 4.69) is 47.6 Å². The number of hydrogen-bond donors (Lipinski definition) is 0. The molecule has 2 aliphatic rings. The molecule has 2 aromatic heterocycles. The molecular formula is C67H100F2N4O4. The molecule has 8 nitrogen and oxygen atoms in total. The topological polar surface area (TPSA) is 104 Å². The predicted octanol–water partition coefficient (Wildman–Crippen LogP) is 19.7. The molecule has 0 bridgehead atoms. The quantitative estimate of drug-likeness (QED) is 0.0331. The van der Waals surface area contributed by atoms with Crippen LogP contribution < -0.4 is 0 Å². The molecule has 2 fully saturated rings. The minimum Gasteiger partial charge on any atom is -0.459 e. The van der Waals surface area contributed by atoms with Crippen molar-refractivity contribution in [1.82, 2.24) is 19.9 Å². The number of halogens is 2. The van der Waals surface area contributed by atoms with Crippen LogP contribution in [-0.2, 0) is 22.3 Å². The SMILES string of the molecule is CCCCCCCCCC1CCC(OC(=O)c2ccc(-c3ncc(CCCCCCCC)cn3)cc2F)CC1.CCCCCCCCc1cnc(-c2ccc(C(=O)OC3CCC(CCCCCCCC)CC3)c(F)c2)nc1. The average molecular weight is 1060 g/mol. The Kier molecular flexibility index (Phi) is 31.3. The summed E-state index contributed by atoms with van der Waals surface area (Å²) >= 11 is 0. The Balaban J connectivity index is 0.000000284. The number of hydrogen-bond acceptors (Lipinski definition) is 8. The van der Waals surface area contributed by atoms with E-state index in [1.165, 1.54) is 185 Å². The van der Waals surface area contributed by atoms with Crippen LogP contribution in [0, 0.1) is 23.5 Å². The molecule has 0 unspecified atom stereocenters. The van der Waals surface area contributed by atoms with Crippen molar-refractivity contribution in [3.05, 3.63) is 95.1 Å². The van der Waals surface area contributed by atoms with Gasteiger partial charge in [-0.1, -0.05) is 200 Å². The molecule has 6 rings (SSSR count). The minimum atomic E-state index is -0.580. The number of carbonyl (C=O) groups is 2. The molecule has 2 saturated carbocycles. The zero-order chi connectivity index (χ0) is 54.7. The minimum absolute atomic E-state index is 0.0105. The Hall–Kier alpha value is -4.60. The van der Waals surface area contributed by atoms with Crippen LogP contribution >= 0.6 is 0 Å². The van der Waals surface area contributed by atoms with Gasteiger partial charge in [-0.15, -0.1) is 0 Å². The zero-order valence-corrected chi connectivity index (χ0v) is 48.4. The van der Waals surface area contributed by atoms with E-state index >= 15 is 0 Å². The van der Waals surface area contributed by atoms with Crippen molar-refractivity contribution < 1.29 is 27.8 Å². The molecule has 10 heteroatoms.